The van der Waals surface area contributed by atoms with Crippen molar-refractivity contribution in [3.63, 3.8) is 0 Å². The van der Waals surface area contributed by atoms with Gasteiger partial charge in [0, 0.05) is 16.7 Å². The molecule has 1 heterocycles. The molecule has 2 bridgehead atoms. The molecular weight excluding hydrogens is 456 g/mol. The molecule has 0 radical (unpaired) electrons. The van der Waals surface area contributed by atoms with Gasteiger partial charge in [-0.15, -0.1) is 0 Å². The topological polar surface area (TPSA) is 107 Å². The highest BCUT2D eigenvalue weighted by atomic mass is 16.6. The van der Waals surface area contributed by atoms with Crippen LogP contribution in [0.1, 0.15) is 99.3 Å². The fourth-order valence-electron chi connectivity index (χ4n) is 12.0. The van der Waals surface area contributed by atoms with Crippen LogP contribution < -0.4 is 0 Å². The Balaban J connectivity index is 1.49. The Bertz CT molecular complexity index is 980. The smallest absolute Gasteiger partial charge is 0.313 e. The molecule has 0 amide bonds. The van der Waals surface area contributed by atoms with Crippen molar-refractivity contribution in [3.8, 4) is 0 Å². The maximum Gasteiger partial charge on any atom is 0.313 e. The predicted octanol–water partition coefficient (Wildman–Crippen LogP) is 3.82. The molecule has 6 heteroatoms. The SMILES string of the molecule is CC1(C)CC[C@@]23CC[C@]4(C)[C@@](OC2=O)([C@@H]3C1)[C@@H](O)C[C@@H]1[C@@]2(C)C[C@@H](O)[C@H](O)[C@@](C)(CO)[C@@H]2CC[C@]14C. The Labute approximate surface area is 216 Å². The van der Waals surface area contributed by atoms with Gasteiger partial charge >= 0.3 is 5.97 Å². The first kappa shape index (κ1) is 25.6. The van der Waals surface area contributed by atoms with Crippen LogP contribution in [0.5, 0.6) is 0 Å². The van der Waals surface area contributed by atoms with E-state index < -0.39 is 34.7 Å². The molecule has 6 rings (SSSR count). The normalized spacial score (nSPS) is 61.3. The highest BCUT2D eigenvalue weighted by Crippen LogP contribution is 2.80. The largest absolute Gasteiger partial charge is 0.455 e. The van der Waals surface area contributed by atoms with Crippen LogP contribution in [-0.2, 0) is 9.53 Å². The minimum absolute atomic E-state index is 0.0276. The molecule has 6 aliphatic rings. The van der Waals surface area contributed by atoms with Gasteiger partial charge in [-0.05, 0) is 85.9 Å². The molecule has 6 nitrogen and oxygen atoms in total. The lowest BCUT2D eigenvalue weighted by Gasteiger charge is -2.75. The van der Waals surface area contributed by atoms with Gasteiger partial charge in [0.1, 0.15) is 5.60 Å². The maximum absolute atomic E-state index is 13.7. The number of hydrogen-bond acceptors (Lipinski definition) is 6. The lowest BCUT2D eigenvalue weighted by atomic mass is 9.30. The first-order chi connectivity index (χ1) is 16.6. The highest BCUT2D eigenvalue weighted by Gasteiger charge is 2.83. The number of hydrogen-bond donors (Lipinski definition) is 4. The first-order valence-electron chi connectivity index (χ1n) is 14.5. The van der Waals surface area contributed by atoms with Crippen molar-refractivity contribution < 1.29 is 30.0 Å². The Morgan fingerprint density at radius 3 is 2.19 bits per heavy atom. The van der Waals surface area contributed by atoms with Gasteiger partial charge in [-0.3, -0.25) is 4.79 Å². The van der Waals surface area contributed by atoms with Crippen molar-refractivity contribution in [3.05, 3.63) is 0 Å². The zero-order chi connectivity index (χ0) is 26.3. The summed E-state index contributed by atoms with van der Waals surface area (Å²) in [5.74, 6) is 0.0844. The second kappa shape index (κ2) is 7.08. The van der Waals surface area contributed by atoms with E-state index in [0.29, 0.717) is 12.8 Å². The molecule has 5 saturated carbocycles. The van der Waals surface area contributed by atoms with E-state index in [0.717, 1.165) is 44.9 Å². The summed E-state index contributed by atoms with van der Waals surface area (Å²) in [6, 6.07) is 0. The molecule has 1 saturated heterocycles. The average Bonchev–Trinajstić information content (AvgIpc) is 2.99. The van der Waals surface area contributed by atoms with Crippen LogP contribution >= 0.6 is 0 Å². The minimum atomic E-state index is -0.962. The van der Waals surface area contributed by atoms with E-state index in [1.807, 2.05) is 6.92 Å². The molecule has 1 aliphatic heterocycles. The molecule has 36 heavy (non-hydrogen) atoms. The van der Waals surface area contributed by atoms with E-state index in [2.05, 4.69) is 34.6 Å². The van der Waals surface area contributed by atoms with Crippen molar-refractivity contribution in [2.24, 2.45) is 50.2 Å². The van der Waals surface area contributed by atoms with E-state index in [4.69, 9.17) is 4.74 Å². The number of aliphatic hydroxyl groups excluding tert-OH is 4. The van der Waals surface area contributed by atoms with Crippen LogP contribution in [-0.4, -0.2) is 56.9 Å². The second-order valence-corrected chi connectivity index (χ2v) is 15.8. The van der Waals surface area contributed by atoms with Gasteiger partial charge in [-0.1, -0.05) is 41.5 Å². The third kappa shape index (κ3) is 2.53. The van der Waals surface area contributed by atoms with Crippen molar-refractivity contribution in [1.29, 1.82) is 0 Å². The fourth-order valence-corrected chi connectivity index (χ4v) is 12.0. The minimum Gasteiger partial charge on any atom is -0.455 e. The van der Waals surface area contributed by atoms with Gasteiger partial charge in [0.15, 0.2) is 0 Å². The molecule has 0 aromatic heterocycles. The molecule has 12 atom stereocenters. The van der Waals surface area contributed by atoms with E-state index in [1.165, 1.54) is 0 Å². The van der Waals surface area contributed by atoms with Gasteiger partial charge < -0.3 is 25.2 Å². The molecule has 5 aliphatic carbocycles. The Hall–Kier alpha value is -0.690. The summed E-state index contributed by atoms with van der Waals surface area (Å²) < 4.78 is 6.59. The molecule has 6 fully saturated rings. The van der Waals surface area contributed by atoms with Crippen LogP contribution in [0.25, 0.3) is 0 Å². The summed E-state index contributed by atoms with van der Waals surface area (Å²) in [6.07, 6.45) is 4.58. The fraction of sp³-hybridized carbons (Fsp3) is 0.967. The zero-order valence-corrected chi connectivity index (χ0v) is 23.1. The van der Waals surface area contributed by atoms with Gasteiger partial charge in [0.25, 0.3) is 0 Å². The number of rotatable bonds is 1. The van der Waals surface area contributed by atoms with Crippen LogP contribution in [0.3, 0.4) is 0 Å². The molecule has 4 N–H and O–H groups in total. The summed E-state index contributed by atoms with van der Waals surface area (Å²) in [7, 11) is 0. The Morgan fingerprint density at radius 2 is 1.53 bits per heavy atom. The quantitative estimate of drug-likeness (QED) is 0.405. The van der Waals surface area contributed by atoms with E-state index in [1.54, 1.807) is 0 Å². The molecule has 204 valence electrons. The number of esters is 1. The number of carbonyl (C=O) groups is 1. The molecule has 0 unspecified atom stereocenters. The molecule has 0 aromatic rings. The summed E-state index contributed by atoms with van der Waals surface area (Å²) in [6.45, 7) is 13.2. The van der Waals surface area contributed by atoms with Gasteiger partial charge in [0.2, 0.25) is 0 Å². The molecular formula is C30H48O6. The summed E-state index contributed by atoms with van der Waals surface area (Å²) in [5.41, 5.74) is -2.94. The summed E-state index contributed by atoms with van der Waals surface area (Å²) in [4.78, 5) is 13.7. The van der Waals surface area contributed by atoms with Crippen molar-refractivity contribution >= 4 is 5.97 Å². The third-order valence-corrected chi connectivity index (χ3v) is 14.1. The summed E-state index contributed by atoms with van der Waals surface area (Å²) in [5, 5.41) is 44.7. The highest BCUT2D eigenvalue weighted by molar-refractivity contribution is 5.82. The van der Waals surface area contributed by atoms with Crippen molar-refractivity contribution in [1.82, 2.24) is 0 Å². The van der Waals surface area contributed by atoms with Crippen LogP contribution in [0.2, 0.25) is 0 Å². The monoisotopic (exact) mass is 504 g/mol. The van der Waals surface area contributed by atoms with Crippen LogP contribution in [0, 0.1) is 50.2 Å². The van der Waals surface area contributed by atoms with Crippen LogP contribution in [0.4, 0.5) is 0 Å². The van der Waals surface area contributed by atoms with E-state index >= 15 is 0 Å². The summed E-state index contributed by atoms with van der Waals surface area (Å²) >= 11 is 0. The molecule has 1 spiro atoms. The van der Waals surface area contributed by atoms with E-state index in [9.17, 15) is 25.2 Å². The van der Waals surface area contributed by atoms with Crippen molar-refractivity contribution in [2.75, 3.05) is 6.61 Å². The predicted molar refractivity (Wildman–Crippen MR) is 135 cm³/mol. The lowest BCUT2D eigenvalue weighted by Crippen LogP contribution is -2.77. The molecule has 0 aromatic carbocycles. The van der Waals surface area contributed by atoms with E-state index in [-0.39, 0.29) is 52.0 Å². The Morgan fingerprint density at radius 1 is 0.861 bits per heavy atom. The first-order valence-corrected chi connectivity index (χ1v) is 14.5. The van der Waals surface area contributed by atoms with Gasteiger partial charge in [-0.2, -0.15) is 0 Å². The van der Waals surface area contributed by atoms with Crippen molar-refractivity contribution in [2.45, 2.75) is 123 Å². The second-order valence-electron chi connectivity index (χ2n) is 15.8. The third-order valence-electron chi connectivity index (χ3n) is 14.1. The maximum atomic E-state index is 13.7. The van der Waals surface area contributed by atoms with Gasteiger partial charge in [-0.25, -0.2) is 0 Å². The Kier molecular flexibility index (Phi) is 5.03. The van der Waals surface area contributed by atoms with Crippen LogP contribution in [0.15, 0.2) is 0 Å². The standard InChI is InChI=1S/C30H48O6/c1-24(2)9-11-29-12-10-28(6)27(5)8-7-18-25(3,14-17(32)22(34)26(18,4)16-31)19(27)13-21(33)30(28,20(29)15-24)36-23(29)35/h17-22,31-34H,7-16H2,1-6H3/t17-,18-,19-,20-,21+,22+,25+,26+,27-,28+,29+,30-/m1/s1. The number of aliphatic hydroxyl groups is 4. The zero-order valence-electron chi connectivity index (χ0n) is 23.1. The number of carbonyl (C=O) groups excluding carboxylic acids is 1. The average molecular weight is 505 g/mol. The van der Waals surface area contributed by atoms with Gasteiger partial charge in [0.05, 0.1) is 30.3 Å². The lowest BCUT2D eigenvalue weighted by molar-refractivity contribution is -0.324. The number of fused-ring (bicyclic) bond motifs is 4. The number of ether oxygens (including phenoxy) is 1.